The summed E-state index contributed by atoms with van der Waals surface area (Å²) in [4.78, 5) is 2.41. The third-order valence-corrected chi connectivity index (χ3v) is 3.60. The molecular formula is C12H21N3O. The molecule has 0 aromatic carbocycles. The van der Waals surface area contributed by atoms with E-state index in [1.807, 2.05) is 13.2 Å². The van der Waals surface area contributed by atoms with Gasteiger partial charge in [0.15, 0.2) is 0 Å². The van der Waals surface area contributed by atoms with Crippen LogP contribution in [0.25, 0.3) is 0 Å². The second-order valence-corrected chi connectivity index (χ2v) is 5.06. The Labute approximate surface area is 96.9 Å². The maximum Gasteiger partial charge on any atom is 0.0951 e. The second kappa shape index (κ2) is 4.18. The lowest BCUT2D eigenvalue weighted by molar-refractivity contribution is -0.0324. The smallest absolute Gasteiger partial charge is 0.0951 e. The van der Waals surface area contributed by atoms with Crippen LogP contribution < -0.4 is 0 Å². The number of aromatic nitrogens is 2. The molecule has 1 N–H and O–H groups in total. The van der Waals surface area contributed by atoms with Crippen molar-refractivity contribution in [2.45, 2.75) is 38.3 Å². The molecule has 0 unspecified atom stereocenters. The Morgan fingerprint density at radius 1 is 1.38 bits per heavy atom. The van der Waals surface area contributed by atoms with E-state index in [0.717, 1.165) is 31.5 Å². The average molecular weight is 223 g/mol. The summed E-state index contributed by atoms with van der Waals surface area (Å²) in [6, 6.07) is 0.568. The molecule has 90 valence electrons. The van der Waals surface area contributed by atoms with Gasteiger partial charge in [-0.1, -0.05) is 0 Å². The number of rotatable bonds is 2. The quantitative estimate of drug-likeness (QED) is 0.816. The predicted molar refractivity (Wildman–Crippen MR) is 63.0 cm³/mol. The minimum absolute atomic E-state index is 0.568. The van der Waals surface area contributed by atoms with Crippen LogP contribution in [0.15, 0.2) is 12.4 Å². The molecule has 0 bridgehead atoms. The fourth-order valence-corrected chi connectivity index (χ4v) is 2.36. The molecule has 1 fully saturated rings. The van der Waals surface area contributed by atoms with Crippen LogP contribution in [0.1, 0.15) is 32.3 Å². The lowest BCUT2D eigenvalue weighted by Crippen LogP contribution is -2.45. The summed E-state index contributed by atoms with van der Waals surface area (Å²) < 4.78 is 1.75. The number of piperidine rings is 1. The number of aliphatic hydroxyl groups is 1. The van der Waals surface area contributed by atoms with Crippen LogP contribution in [0.5, 0.6) is 0 Å². The first kappa shape index (κ1) is 11.6. The van der Waals surface area contributed by atoms with E-state index in [1.165, 1.54) is 0 Å². The summed E-state index contributed by atoms with van der Waals surface area (Å²) in [5.41, 5.74) is 0.290. The molecule has 1 aromatic heterocycles. The standard InChI is InChI=1S/C12H21N3O/c1-10(2)15-6-4-12(16,5-7-15)11-8-13-14(3)9-11/h8-10,16H,4-7H2,1-3H3. The fourth-order valence-electron chi connectivity index (χ4n) is 2.36. The van der Waals surface area contributed by atoms with Gasteiger partial charge in [0.2, 0.25) is 0 Å². The van der Waals surface area contributed by atoms with Gasteiger partial charge in [0.25, 0.3) is 0 Å². The van der Waals surface area contributed by atoms with Gasteiger partial charge < -0.3 is 10.0 Å². The average Bonchev–Trinajstić information content (AvgIpc) is 2.66. The van der Waals surface area contributed by atoms with Crippen molar-refractivity contribution < 1.29 is 5.11 Å². The molecule has 0 aliphatic carbocycles. The summed E-state index contributed by atoms with van der Waals surface area (Å²) in [6.07, 6.45) is 5.31. The van der Waals surface area contributed by atoms with Crippen molar-refractivity contribution in [3.63, 3.8) is 0 Å². The van der Waals surface area contributed by atoms with E-state index in [1.54, 1.807) is 10.9 Å². The molecule has 0 atom stereocenters. The lowest BCUT2D eigenvalue weighted by Gasteiger charge is -2.39. The molecule has 1 aromatic rings. The number of hydrogen-bond acceptors (Lipinski definition) is 3. The van der Waals surface area contributed by atoms with Gasteiger partial charge in [-0.25, -0.2) is 0 Å². The van der Waals surface area contributed by atoms with Gasteiger partial charge in [-0.2, -0.15) is 5.10 Å². The van der Waals surface area contributed by atoms with E-state index in [2.05, 4.69) is 23.8 Å². The van der Waals surface area contributed by atoms with Crippen LogP contribution in [0.2, 0.25) is 0 Å². The number of likely N-dealkylation sites (tertiary alicyclic amines) is 1. The van der Waals surface area contributed by atoms with E-state index in [0.29, 0.717) is 6.04 Å². The fraction of sp³-hybridized carbons (Fsp3) is 0.750. The zero-order valence-electron chi connectivity index (χ0n) is 10.3. The number of aryl methyl sites for hydroxylation is 1. The molecule has 0 spiro atoms. The maximum atomic E-state index is 10.6. The molecule has 0 amide bonds. The Bertz CT molecular complexity index is 351. The topological polar surface area (TPSA) is 41.3 Å². The van der Waals surface area contributed by atoms with E-state index in [9.17, 15) is 5.11 Å². The molecule has 0 radical (unpaired) electrons. The third kappa shape index (κ3) is 2.13. The van der Waals surface area contributed by atoms with Crippen molar-refractivity contribution in [3.8, 4) is 0 Å². The second-order valence-electron chi connectivity index (χ2n) is 5.06. The molecule has 2 rings (SSSR count). The zero-order valence-corrected chi connectivity index (χ0v) is 10.3. The van der Waals surface area contributed by atoms with Gasteiger partial charge in [0.05, 0.1) is 11.8 Å². The molecule has 4 heteroatoms. The Morgan fingerprint density at radius 3 is 2.44 bits per heavy atom. The Hall–Kier alpha value is -0.870. The van der Waals surface area contributed by atoms with Crippen molar-refractivity contribution >= 4 is 0 Å². The first-order valence-corrected chi connectivity index (χ1v) is 5.97. The number of hydrogen-bond donors (Lipinski definition) is 1. The van der Waals surface area contributed by atoms with Gasteiger partial charge in [0, 0.05) is 37.9 Å². The molecule has 4 nitrogen and oxygen atoms in total. The van der Waals surface area contributed by atoms with Gasteiger partial charge in [-0.3, -0.25) is 4.68 Å². The first-order valence-electron chi connectivity index (χ1n) is 5.97. The first-order chi connectivity index (χ1) is 7.51. The van der Waals surface area contributed by atoms with Gasteiger partial charge in [-0.05, 0) is 26.7 Å². The minimum atomic E-state index is -0.667. The van der Waals surface area contributed by atoms with Crippen molar-refractivity contribution in [2.24, 2.45) is 7.05 Å². The van der Waals surface area contributed by atoms with Gasteiger partial charge in [0.1, 0.15) is 0 Å². The molecule has 2 heterocycles. The largest absolute Gasteiger partial charge is 0.385 e. The normalized spacial score (nSPS) is 21.6. The van der Waals surface area contributed by atoms with Crippen LogP contribution in [0.4, 0.5) is 0 Å². The van der Waals surface area contributed by atoms with E-state index < -0.39 is 5.60 Å². The highest BCUT2D eigenvalue weighted by Crippen LogP contribution is 2.32. The van der Waals surface area contributed by atoms with Gasteiger partial charge >= 0.3 is 0 Å². The Balaban J connectivity index is 2.06. The van der Waals surface area contributed by atoms with Crippen molar-refractivity contribution in [2.75, 3.05) is 13.1 Å². The molecule has 1 aliphatic rings. The lowest BCUT2D eigenvalue weighted by atomic mass is 9.86. The molecule has 1 saturated heterocycles. The third-order valence-electron chi connectivity index (χ3n) is 3.60. The maximum absolute atomic E-state index is 10.6. The predicted octanol–water partition coefficient (Wildman–Crippen LogP) is 1.11. The monoisotopic (exact) mass is 223 g/mol. The Kier molecular flexibility index (Phi) is 3.04. The van der Waals surface area contributed by atoms with E-state index >= 15 is 0 Å². The molecule has 16 heavy (non-hydrogen) atoms. The number of nitrogens with zero attached hydrogens (tertiary/aromatic N) is 3. The minimum Gasteiger partial charge on any atom is -0.385 e. The van der Waals surface area contributed by atoms with Crippen LogP contribution in [0, 0.1) is 0 Å². The van der Waals surface area contributed by atoms with Crippen LogP contribution >= 0.6 is 0 Å². The highest BCUT2D eigenvalue weighted by Gasteiger charge is 2.35. The van der Waals surface area contributed by atoms with Gasteiger partial charge in [-0.15, -0.1) is 0 Å². The molecule has 1 aliphatic heterocycles. The zero-order chi connectivity index (χ0) is 11.8. The SMILES string of the molecule is CC(C)N1CCC(O)(c2cnn(C)c2)CC1. The molecular weight excluding hydrogens is 202 g/mol. The molecule has 0 saturated carbocycles. The van der Waals surface area contributed by atoms with E-state index in [4.69, 9.17) is 0 Å². The summed E-state index contributed by atoms with van der Waals surface area (Å²) in [5, 5.41) is 14.7. The van der Waals surface area contributed by atoms with Crippen LogP contribution in [-0.4, -0.2) is 38.9 Å². The summed E-state index contributed by atoms with van der Waals surface area (Å²) in [5.74, 6) is 0. The highest BCUT2D eigenvalue weighted by atomic mass is 16.3. The Morgan fingerprint density at radius 2 is 2.00 bits per heavy atom. The van der Waals surface area contributed by atoms with Crippen molar-refractivity contribution in [1.82, 2.24) is 14.7 Å². The van der Waals surface area contributed by atoms with Crippen molar-refractivity contribution in [3.05, 3.63) is 18.0 Å². The van der Waals surface area contributed by atoms with Crippen LogP contribution in [0.3, 0.4) is 0 Å². The van der Waals surface area contributed by atoms with E-state index in [-0.39, 0.29) is 0 Å². The van der Waals surface area contributed by atoms with Crippen LogP contribution in [-0.2, 0) is 12.6 Å². The summed E-state index contributed by atoms with van der Waals surface area (Å²) >= 11 is 0. The van der Waals surface area contributed by atoms with Crippen molar-refractivity contribution in [1.29, 1.82) is 0 Å². The summed E-state index contributed by atoms with van der Waals surface area (Å²) in [7, 11) is 1.89. The highest BCUT2D eigenvalue weighted by molar-refractivity contribution is 5.16. The summed E-state index contributed by atoms with van der Waals surface area (Å²) in [6.45, 7) is 6.33.